The Bertz CT molecular complexity index is 573. The Morgan fingerprint density at radius 2 is 1.90 bits per heavy atom. The van der Waals surface area contributed by atoms with Gasteiger partial charge in [-0.1, -0.05) is 42.5 Å². The summed E-state index contributed by atoms with van der Waals surface area (Å²) in [6.45, 7) is 2.35. The maximum absolute atomic E-state index is 6.10. The summed E-state index contributed by atoms with van der Waals surface area (Å²) in [4.78, 5) is 0. The zero-order valence-electron chi connectivity index (χ0n) is 12.5. The fourth-order valence-electron chi connectivity index (χ4n) is 2.96. The standard InChI is InChI=1S/C18H23NO2/c1-19-18(13-21-15-9-11-20-12-10-15)17-8-4-6-14-5-2-3-7-16(14)17/h2-8,15,18-19H,9-13H2,1H3. The molecule has 0 spiro atoms. The van der Waals surface area contributed by atoms with Crippen LogP contribution in [-0.4, -0.2) is 33.0 Å². The minimum atomic E-state index is 0.221. The lowest BCUT2D eigenvalue weighted by Crippen LogP contribution is -2.29. The van der Waals surface area contributed by atoms with Crippen LogP contribution in [-0.2, 0) is 9.47 Å². The number of hydrogen-bond acceptors (Lipinski definition) is 3. The van der Waals surface area contributed by atoms with Gasteiger partial charge >= 0.3 is 0 Å². The SMILES string of the molecule is CNC(COC1CCOCC1)c1cccc2ccccc12. The van der Waals surface area contributed by atoms with E-state index < -0.39 is 0 Å². The molecule has 1 saturated heterocycles. The van der Waals surface area contributed by atoms with Crippen molar-refractivity contribution in [2.24, 2.45) is 0 Å². The largest absolute Gasteiger partial charge is 0.381 e. The Hall–Kier alpha value is -1.42. The van der Waals surface area contributed by atoms with Crippen molar-refractivity contribution in [1.29, 1.82) is 0 Å². The fourth-order valence-corrected chi connectivity index (χ4v) is 2.96. The molecule has 1 atom stereocenters. The molecule has 1 heterocycles. The summed E-state index contributed by atoms with van der Waals surface area (Å²) in [6.07, 6.45) is 2.35. The summed E-state index contributed by atoms with van der Waals surface area (Å²) >= 11 is 0. The van der Waals surface area contributed by atoms with Gasteiger partial charge in [-0.15, -0.1) is 0 Å². The Morgan fingerprint density at radius 3 is 2.71 bits per heavy atom. The van der Waals surface area contributed by atoms with E-state index in [9.17, 15) is 0 Å². The molecule has 2 aromatic rings. The lowest BCUT2D eigenvalue weighted by Gasteiger charge is -2.26. The van der Waals surface area contributed by atoms with Crippen molar-refractivity contribution in [2.75, 3.05) is 26.9 Å². The monoisotopic (exact) mass is 285 g/mol. The van der Waals surface area contributed by atoms with E-state index in [0.717, 1.165) is 26.1 Å². The minimum Gasteiger partial charge on any atom is -0.381 e. The van der Waals surface area contributed by atoms with Crippen molar-refractivity contribution in [3.05, 3.63) is 48.0 Å². The summed E-state index contributed by atoms with van der Waals surface area (Å²) in [5.74, 6) is 0. The van der Waals surface area contributed by atoms with Crippen molar-refractivity contribution in [2.45, 2.75) is 25.0 Å². The second-order valence-electron chi connectivity index (χ2n) is 5.55. The van der Waals surface area contributed by atoms with Gasteiger partial charge in [0.2, 0.25) is 0 Å². The molecule has 0 radical (unpaired) electrons. The van der Waals surface area contributed by atoms with E-state index in [1.807, 2.05) is 7.05 Å². The lowest BCUT2D eigenvalue weighted by molar-refractivity contribution is -0.0377. The van der Waals surface area contributed by atoms with Gasteiger partial charge in [-0.2, -0.15) is 0 Å². The average Bonchev–Trinajstić information content (AvgIpc) is 2.56. The molecular formula is C18H23NO2. The number of benzene rings is 2. The summed E-state index contributed by atoms with van der Waals surface area (Å²) in [5, 5.41) is 5.97. The first-order chi connectivity index (χ1) is 10.4. The highest BCUT2D eigenvalue weighted by molar-refractivity contribution is 5.86. The van der Waals surface area contributed by atoms with Crippen molar-refractivity contribution < 1.29 is 9.47 Å². The highest BCUT2D eigenvalue weighted by atomic mass is 16.5. The molecule has 1 fully saturated rings. The van der Waals surface area contributed by atoms with Gasteiger partial charge in [0, 0.05) is 13.2 Å². The van der Waals surface area contributed by atoms with Crippen LogP contribution < -0.4 is 5.32 Å². The van der Waals surface area contributed by atoms with Gasteiger partial charge in [0.15, 0.2) is 0 Å². The summed E-state index contributed by atoms with van der Waals surface area (Å²) in [7, 11) is 2.00. The molecule has 0 amide bonds. The van der Waals surface area contributed by atoms with Gasteiger partial charge in [-0.3, -0.25) is 0 Å². The predicted octanol–water partition coefficient (Wildman–Crippen LogP) is 3.30. The molecule has 2 aromatic carbocycles. The number of likely N-dealkylation sites (N-methyl/N-ethyl adjacent to an activating group) is 1. The molecule has 1 aliphatic rings. The number of nitrogens with one attached hydrogen (secondary N) is 1. The first-order valence-corrected chi connectivity index (χ1v) is 7.73. The molecule has 0 saturated carbocycles. The van der Waals surface area contributed by atoms with Crippen molar-refractivity contribution in [1.82, 2.24) is 5.32 Å². The maximum atomic E-state index is 6.10. The fraction of sp³-hybridized carbons (Fsp3) is 0.444. The Labute approximate surface area is 126 Å². The highest BCUT2D eigenvalue weighted by Crippen LogP contribution is 2.25. The second kappa shape index (κ2) is 7.03. The van der Waals surface area contributed by atoms with Gasteiger partial charge in [-0.25, -0.2) is 0 Å². The van der Waals surface area contributed by atoms with Crippen LogP contribution in [0.2, 0.25) is 0 Å². The molecule has 1 N–H and O–H groups in total. The third kappa shape index (κ3) is 3.43. The van der Waals surface area contributed by atoms with E-state index in [1.54, 1.807) is 0 Å². The van der Waals surface area contributed by atoms with Gasteiger partial charge in [0.1, 0.15) is 0 Å². The number of hydrogen-bond donors (Lipinski definition) is 1. The van der Waals surface area contributed by atoms with E-state index >= 15 is 0 Å². The van der Waals surface area contributed by atoms with Crippen molar-refractivity contribution >= 4 is 10.8 Å². The van der Waals surface area contributed by atoms with E-state index in [-0.39, 0.29) is 6.04 Å². The number of rotatable bonds is 5. The van der Waals surface area contributed by atoms with Crippen LogP contribution in [0.4, 0.5) is 0 Å². The second-order valence-corrected chi connectivity index (χ2v) is 5.55. The number of ether oxygens (including phenoxy) is 2. The molecule has 1 aliphatic heterocycles. The van der Waals surface area contributed by atoms with E-state index in [4.69, 9.17) is 9.47 Å². The molecule has 0 aliphatic carbocycles. The van der Waals surface area contributed by atoms with Crippen LogP contribution in [0.15, 0.2) is 42.5 Å². The van der Waals surface area contributed by atoms with Crippen LogP contribution in [0.3, 0.4) is 0 Å². The third-order valence-corrected chi connectivity index (χ3v) is 4.21. The van der Waals surface area contributed by atoms with Crippen LogP contribution in [0.25, 0.3) is 10.8 Å². The molecule has 3 nitrogen and oxygen atoms in total. The molecule has 21 heavy (non-hydrogen) atoms. The van der Waals surface area contributed by atoms with Gasteiger partial charge in [0.05, 0.1) is 18.8 Å². The van der Waals surface area contributed by atoms with Crippen molar-refractivity contribution in [3.63, 3.8) is 0 Å². The third-order valence-electron chi connectivity index (χ3n) is 4.21. The van der Waals surface area contributed by atoms with Crippen LogP contribution in [0.1, 0.15) is 24.4 Å². The van der Waals surface area contributed by atoms with E-state index in [2.05, 4.69) is 47.8 Å². The molecule has 3 heteroatoms. The molecular weight excluding hydrogens is 262 g/mol. The maximum Gasteiger partial charge on any atom is 0.0665 e. The van der Waals surface area contributed by atoms with E-state index in [1.165, 1.54) is 16.3 Å². The van der Waals surface area contributed by atoms with Crippen LogP contribution in [0.5, 0.6) is 0 Å². The predicted molar refractivity (Wildman–Crippen MR) is 85.5 cm³/mol. The average molecular weight is 285 g/mol. The quantitative estimate of drug-likeness (QED) is 0.914. The smallest absolute Gasteiger partial charge is 0.0665 e. The molecule has 1 unspecified atom stereocenters. The topological polar surface area (TPSA) is 30.5 Å². The first kappa shape index (κ1) is 14.5. The van der Waals surface area contributed by atoms with Crippen molar-refractivity contribution in [3.8, 4) is 0 Å². The highest BCUT2D eigenvalue weighted by Gasteiger charge is 2.18. The summed E-state index contributed by atoms with van der Waals surface area (Å²) < 4.78 is 11.5. The Kier molecular flexibility index (Phi) is 4.86. The molecule has 112 valence electrons. The zero-order chi connectivity index (χ0) is 14.5. The molecule has 0 aromatic heterocycles. The Morgan fingerprint density at radius 1 is 1.14 bits per heavy atom. The van der Waals surface area contributed by atoms with Crippen LogP contribution >= 0.6 is 0 Å². The van der Waals surface area contributed by atoms with Gasteiger partial charge in [0.25, 0.3) is 0 Å². The first-order valence-electron chi connectivity index (χ1n) is 7.73. The minimum absolute atomic E-state index is 0.221. The van der Waals surface area contributed by atoms with Gasteiger partial charge < -0.3 is 14.8 Å². The zero-order valence-corrected chi connectivity index (χ0v) is 12.5. The van der Waals surface area contributed by atoms with E-state index in [0.29, 0.717) is 12.7 Å². The molecule has 3 rings (SSSR count). The number of fused-ring (bicyclic) bond motifs is 1. The van der Waals surface area contributed by atoms with Crippen LogP contribution in [0, 0.1) is 0 Å². The Balaban J connectivity index is 1.75. The summed E-state index contributed by atoms with van der Waals surface area (Å²) in [5.41, 5.74) is 1.31. The normalized spacial score (nSPS) is 18.0. The lowest BCUT2D eigenvalue weighted by atomic mass is 9.99. The summed E-state index contributed by atoms with van der Waals surface area (Å²) in [6, 6.07) is 15.2. The van der Waals surface area contributed by atoms with Gasteiger partial charge in [-0.05, 0) is 36.2 Å². The molecule has 0 bridgehead atoms.